The van der Waals surface area contributed by atoms with E-state index in [9.17, 15) is 0 Å². The van der Waals surface area contributed by atoms with Gasteiger partial charge in [0.15, 0.2) is 0 Å². The third-order valence-electron chi connectivity index (χ3n) is 0. The van der Waals surface area contributed by atoms with E-state index in [1.807, 2.05) is 0 Å². The van der Waals surface area contributed by atoms with E-state index in [1.54, 1.807) is 0 Å². The molecule has 0 aromatic rings. The zero-order chi connectivity index (χ0) is 14.3. The Hall–Kier alpha value is -2.17. The van der Waals surface area contributed by atoms with Crippen LogP contribution in [0.4, 0.5) is 0 Å². The minimum atomic E-state index is -1.75. The molecule has 16 nitrogen and oxygen atoms in total. The standard InChI is InChI=1S/Co.Fe.4NO3/c;;4*2-1(3)4/q2*+2;4*-1. The van der Waals surface area contributed by atoms with Crippen molar-refractivity contribution in [2.75, 3.05) is 0 Å². The van der Waals surface area contributed by atoms with Crippen molar-refractivity contribution in [3.05, 3.63) is 61.3 Å². The summed E-state index contributed by atoms with van der Waals surface area (Å²) in [4.78, 5) is 33.0. The summed E-state index contributed by atoms with van der Waals surface area (Å²) in [6, 6.07) is 0. The van der Waals surface area contributed by atoms with Crippen LogP contribution >= 0.6 is 0 Å². The van der Waals surface area contributed by atoms with Crippen LogP contribution < -0.4 is 0 Å². The second-order valence-corrected chi connectivity index (χ2v) is 0.894. The zero-order valence-corrected chi connectivity index (χ0v) is 9.52. The molecule has 0 aliphatic heterocycles. The number of nitrogens with zero attached hydrogens (tertiary/aromatic N) is 4. The molecule has 18 heavy (non-hydrogen) atoms. The first-order chi connectivity index (χ1) is 6.93. The monoisotopic (exact) mass is 363 g/mol. The van der Waals surface area contributed by atoms with Crippen LogP contribution in [0, 0.1) is 61.3 Å². The molecule has 0 fully saturated rings. The maximum Gasteiger partial charge on any atom is 2.00 e. The average molecular weight is 363 g/mol. The molecule has 0 bridgehead atoms. The topological polar surface area (TPSA) is 265 Å². The number of hydrogen-bond acceptors (Lipinski definition) is 12. The summed E-state index contributed by atoms with van der Waals surface area (Å²) in [5, 5.41) is 59.0. The first kappa shape index (κ1) is 36.0. The minimum Gasteiger partial charge on any atom is -0.356 e. The molecule has 0 N–H and O–H groups in total. The summed E-state index contributed by atoms with van der Waals surface area (Å²) in [5.74, 6) is 0. The number of rotatable bonds is 0. The van der Waals surface area contributed by atoms with Crippen LogP contribution in [0.1, 0.15) is 0 Å². The Morgan fingerprint density at radius 2 is 0.444 bits per heavy atom. The van der Waals surface area contributed by atoms with Gasteiger partial charge in [-0.2, -0.15) is 0 Å². The van der Waals surface area contributed by atoms with E-state index in [1.165, 1.54) is 0 Å². The van der Waals surface area contributed by atoms with E-state index >= 15 is 0 Å². The van der Waals surface area contributed by atoms with E-state index in [0.29, 0.717) is 0 Å². The van der Waals surface area contributed by atoms with E-state index < -0.39 is 20.3 Å². The van der Waals surface area contributed by atoms with E-state index in [-0.39, 0.29) is 33.8 Å². The SMILES string of the molecule is O=[N+]([O-])[O-].O=[N+]([O-])[O-].O=[N+]([O-])[O-].O=[N+]([O-])[O-].[Co+2].[Fe+2]. The van der Waals surface area contributed by atoms with Gasteiger partial charge in [-0.1, -0.05) is 0 Å². The van der Waals surface area contributed by atoms with E-state index in [2.05, 4.69) is 0 Å². The molecule has 0 aliphatic carbocycles. The summed E-state index contributed by atoms with van der Waals surface area (Å²) in [5.41, 5.74) is 0. The van der Waals surface area contributed by atoms with Crippen molar-refractivity contribution in [3.63, 3.8) is 0 Å². The van der Waals surface area contributed by atoms with Crippen molar-refractivity contribution in [1.82, 2.24) is 0 Å². The third-order valence-corrected chi connectivity index (χ3v) is 0. The quantitative estimate of drug-likeness (QED) is 0.286. The van der Waals surface area contributed by atoms with Gasteiger partial charge in [0.1, 0.15) is 0 Å². The molecule has 109 valence electrons. The van der Waals surface area contributed by atoms with E-state index in [4.69, 9.17) is 61.3 Å². The van der Waals surface area contributed by atoms with Gasteiger partial charge < -0.3 is 61.3 Å². The summed E-state index contributed by atoms with van der Waals surface area (Å²) in [6.45, 7) is 0. The Morgan fingerprint density at radius 1 is 0.444 bits per heavy atom. The smallest absolute Gasteiger partial charge is 0.356 e. The van der Waals surface area contributed by atoms with Gasteiger partial charge in [0.25, 0.3) is 0 Å². The molecule has 18 heteroatoms. The molecule has 0 atom stereocenters. The Bertz CT molecular complexity index is 164. The van der Waals surface area contributed by atoms with Gasteiger partial charge in [0, 0.05) is 0 Å². The molecular weight excluding hydrogens is 363 g/mol. The van der Waals surface area contributed by atoms with Crippen LogP contribution in [-0.4, -0.2) is 20.3 Å². The van der Waals surface area contributed by atoms with Crippen molar-refractivity contribution >= 4 is 0 Å². The third kappa shape index (κ3) is 481. The van der Waals surface area contributed by atoms with Crippen molar-refractivity contribution in [3.8, 4) is 0 Å². The van der Waals surface area contributed by atoms with Crippen LogP contribution in [0.15, 0.2) is 0 Å². The first-order valence-corrected chi connectivity index (χ1v) is 2.19. The van der Waals surface area contributed by atoms with Crippen molar-refractivity contribution in [1.29, 1.82) is 0 Å². The van der Waals surface area contributed by atoms with Gasteiger partial charge in [0.05, 0.1) is 20.3 Å². The normalized spacial score (nSPS) is 5.33. The molecule has 0 spiro atoms. The number of hydrogen-bond donors (Lipinski definition) is 0. The fourth-order valence-corrected chi connectivity index (χ4v) is 0. The summed E-state index contributed by atoms with van der Waals surface area (Å²) in [6.07, 6.45) is 0. The minimum absolute atomic E-state index is 0. The predicted octanol–water partition coefficient (Wildman–Crippen LogP) is -0.961. The molecule has 0 unspecified atom stereocenters. The van der Waals surface area contributed by atoms with Gasteiger partial charge in [-0.05, 0) is 0 Å². The Morgan fingerprint density at radius 3 is 0.444 bits per heavy atom. The van der Waals surface area contributed by atoms with Crippen LogP contribution in [-0.2, 0) is 33.8 Å². The first-order valence-electron chi connectivity index (χ1n) is 2.19. The second kappa shape index (κ2) is 29.4. The molecule has 0 aromatic carbocycles. The summed E-state index contributed by atoms with van der Waals surface area (Å²) in [7, 11) is 0. The largest absolute Gasteiger partial charge is 2.00 e. The molecule has 1 radical (unpaired) electrons. The van der Waals surface area contributed by atoms with Crippen molar-refractivity contribution < 1.29 is 54.2 Å². The van der Waals surface area contributed by atoms with Gasteiger partial charge >= 0.3 is 33.8 Å². The Balaban J connectivity index is -0.0000000257. The molecular formula is CoFeN4O12. The molecule has 0 aromatic heterocycles. The van der Waals surface area contributed by atoms with E-state index in [0.717, 1.165) is 0 Å². The fourth-order valence-electron chi connectivity index (χ4n) is 0. The van der Waals surface area contributed by atoms with Crippen LogP contribution in [0.2, 0.25) is 0 Å². The summed E-state index contributed by atoms with van der Waals surface area (Å²) < 4.78 is 0. The molecule has 0 rings (SSSR count). The van der Waals surface area contributed by atoms with Gasteiger partial charge in [-0.3, -0.25) is 0 Å². The van der Waals surface area contributed by atoms with Crippen LogP contribution in [0.5, 0.6) is 0 Å². The molecule has 0 saturated carbocycles. The van der Waals surface area contributed by atoms with Crippen molar-refractivity contribution in [2.45, 2.75) is 0 Å². The molecule has 0 aliphatic rings. The van der Waals surface area contributed by atoms with Gasteiger partial charge in [-0.15, -0.1) is 0 Å². The maximum atomic E-state index is 8.25. The maximum absolute atomic E-state index is 8.25. The Labute approximate surface area is 116 Å². The summed E-state index contributed by atoms with van der Waals surface area (Å²) >= 11 is 0. The van der Waals surface area contributed by atoms with Crippen LogP contribution in [0.3, 0.4) is 0 Å². The average Bonchev–Trinajstić information content (AvgIpc) is 1.76. The van der Waals surface area contributed by atoms with Crippen LogP contribution in [0.25, 0.3) is 0 Å². The molecule has 0 heterocycles. The Kier molecular flexibility index (Phi) is 58.8. The fraction of sp³-hybridized carbons (Fsp3) is 0. The van der Waals surface area contributed by atoms with Gasteiger partial charge in [-0.25, -0.2) is 0 Å². The van der Waals surface area contributed by atoms with Gasteiger partial charge in [0.2, 0.25) is 0 Å². The second-order valence-electron chi connectivity index (χ2n) is 0.894. The molecule has 0 saturated heterocycles. The zero-order valence-electron chi connectivity index (χ0n) is 7.37. The molecule has 0 amide bonds. The van der Waals surface area contributed by atoms with Crippen molar-refractivity contribution in [2.24, 2.45) is 0 Å². The predicted molar refractivity (Wildman–Crippen MR) is 41.4 cm³/mol.